The van der Waals surface area contributed by atoms with Gasteiger partial charge >= 0.3 is 5.97 Å². The Morgan fingerprint density at radius 1 is 1.31 bits per heavy atom. The minimum absolute atomic E-state index is 0.248. The van der Waals surface area contributed by atoms with E-state index >= 15 is 0 Å². The molecule has 3 nitrogen and oxygen atoms in total. The molecule has 0 heterocycles. The molecule has 0 fully saturated rings. The fraction of sp³-hybridized carbons (Fsp3) is 0.700. The van der Waals surface area contributed by atoms with Crippen molar-refractivity contribution in [1.29, 1.82) is 0 Å². The molecular weight excluding hydrogens is 168 g/mol. The van der Waals surface area contributed by atoms with Crippen LogP contribution >= 0.6 is 0 Å². The van der Waals surface area contributed by atoms with E-state index in [9.17, 15) is 9.59 Å². The molecule has 0 saturated heterocycles. The molecule has 0 saturated carbocycles. The summed E-state index contributed by atoms with van der Waals surface area (Å²) in [6.45, 7) is 7.09. The topological polar surface area (TPSA) is 43.4 Å². The van der Waals surface area contributed by atoms with Crippen molar-refractivity contribution < 1.29 is 14.3 Å². The second-order valence-corrected chi connectivity index (χ2v) is 3.97. The van der Waals surface area contributed by atoms with Gasteiger partial charge in [0.15, 0.2) is 0 Å². The van der Waals surface area contributed by atoms with E-state index in [1.165, 1.54) is 0 Å². The number of carbonyl (C=O) groups excluding carboxylic acids is 2. The molecule has 0 amide bonds. The van der Waals surface area contributed by atoms with E-state index in [4.69, 9.17) is 4.74 Å². The zero-order valence-electron chi connectivity index (χ0n) is 8.64. The minimum atomic E-state index is -0.449. The Kier molecular flexibility index (Phi) is 4.43. The van der Waals surface area contributed by atoms with Crippen LogP contribution in [0.25, 0.3) is 0 Å². The molecule has 0 rings (SSSR count). The number of hydrogen-bond acceptors (Lipinski definition) is 3. The molecule has 0 aliphatic heterocycles. The second-order valence-electron chi connectivity index (χ2n) is 3.97. The summed E-state index contributed by atoms with van der Waals surface area (Å²) < 4.78 is 5.05. The monoisotopic (exact) mass is 184 g/mol. The SMILES string of the molecule is CC(=C=O)CCC(=O)OC(C)(C)C. The van der Waals surface area contributed by atoms with Crippen LogP contribution in [-0.2, 0) is 14.3 Å². The lowest BCUT2D eigenvalue weighted by molar-refractivity contribution is -0.154. The summed E-state index contributed by atoms with van der Waals surface area (Å²) >= 11 is 0. The number of esters is 1. The first-order chi connectivity index (χ1) is 5.85. The van der Waals surface area contributed by atoms with Crippen molar-refractivity contribution in [3.63, 3.8) is 0 Å². The van der Waals surface area contributed by atoms with Crippen LogP contribution in [0.5, 0.6) is 0 Å². The van der Waals surface area contributed by atoms with Crippen LogP contribution in [0.2, 0.25) is 0 Å². The van der Waals surface area contributed by atoms with Crippen molar-refractivity contribution in [1.82, 2.24) is 0 Å². The van der Waals surface area contributed by atoms with Gasteiger partial charge in [-0.05, 0) is 34.1 Å². The maximum Gasteiger partial charge on any atom is 0.306 e. The van der Waals surface area contributed by atoms with Gasteiger partial charge in [-0.15, -0.1) is 0 Å². The van der Waals surface area contributed by atoms with Crippen LogP contribution in [-0.4, -0.2) is 17.5 Å². The van der Waals surface area contributed by atoms with E-state index in [-0.39, 0.29) is 12.4 Å². The van der Waals surface area contributed by atoms with E-state index in [0.717, 1.165) is 0 Å². The molecule has 0 spiro atoms. The molecule has 0 aromatic carbocycles. The normalized spacial score (nSPS) is 10.5. The first kappa shape index (κ1) is 11.9. The average Bonchev–Trinajstić information content (AvgIpc) is 1.97. The summed E-state index contributed by atoms with van der Waals surface area (Å²) in [6, 6.07) is 0. The molecule has 0 aliphatic rings. The first-order valence-corrected chi connectivity index (χ1v) is 4.27. The Hall–Kier alpha value is -1.08. The Balaban J connectivity index is 3.84. The molecular formula is C10H16O3. The van der Waals surface area contributed by atoms with Crippen molar-refractivity contribution in [3.05, 3.63) is 5.57 Å². The predicted molar refractivity (Wildman–Crippen MR) is 50.0 cm³/mol. The van der Waals surface area contributed by atoms with Crippen molar-refractivity contribution in [2.45, 2.75) is 46.1 Å². The van der Waals surface area contributed by atoms with Crippen molar-refractivity contribution in [2.24, 2.45) is 0 Å². The summed E-state index contributed by atoms with van der Waals surface area (Å²) in [5.74, 6) is 1.47. The summed E-state index contributed by atoms with van der Waals surface area (Å²) in [5.41, 5.74) is 0.0986. The van der Waals surface area contributed by atoms with Crippen LogP contribution in [0.1, 0.15) is 40.5 Å². The van der Waals surface area contributed by atoms with Gasteiger partial charge in [0.25, 0.3) is 0 Å². The van der Waals surface area contributed by atoms with Crippen LogP contribution in [0.3, 0.4) is 0 Å². The van der Waals surface area contributed by atoms with E-state index in [0.29, 0.717) is 12.0 Å². The molecule has 3 heteroatoms. The van der Waals surface area contributed by atoms with Gasteiger partial charge in [-0.25, -0.2) is 4.79 Å². The Morgan fingerprint density at radius 3 is 2.23 bits per heavy atom. The third-order valence-corrected chi connectivity index (χ3v) is 1.30. The standard InChI is InChI=1S/C10H16O3/c1-8(7-11)5-6-9(12)13-10(2,3)4/h5-6H2,1-4H3. The lowest BCUT2D eigenvalue weighted by Gasteiger charge is -2.19. The zero-order chi connectivity index (χ0) is 10.5. The minimum Gasteiger partial charge on any atom is -0.460 e. The van der Waals surface area contributed by atoms with Gasteiger partial charge in [-0.1, -0.05) is 0 Å². The van der Waals surface area contributed by atoms with Crippen LogP contribution < -0.4 is 0 Å². The van der Waals surface area contributed by atoms with Gasteiger partial charge < -0.3 is 4.74 Å². The predicted octanol–water partition coefficient (Wildman–Crippen LogP) is 1.89. The molecule has 74 valence electrons. The van der Waals surface area contributed by atoms with Crippen molar-refractivity contribution >= 4 is 11.9 Å². The summed E-state index contributed by atoms with van der Waals surface area (Å²) in [6.07, 6.45) is 0.677. The molecule has 0 bridgehead atoms. The zero-order valence-corrected chi connectivity index (χ0v) is 8.64. The number of carbonyl (C=O) groups is 1. The smallest absolute Gasteiger partial charge is 0.306 e. The Bertz CT molecular complexity index is 229. The highest BCUT2D eigenvalue weighted by atomic mass is 16.6. The van der Waals surface area contributed by atoms with Crippen molar-refractivity contribution in [3.8, 4) is 0 Å². The fourth-order valence-electron chi connectivity index (χ4n) is 0.733. The quantitative estimate of drug-likeness (QED) is 0.497. The summed E-state index contributed by atoms with van der Waals surface area (Å²) in [5, 5.41) is 0. The lowest BCUT2D eigenvalue weighted by atomic mass is 10.1. The maximum absolute atomic E-state index is 11.1. The van der Waals surface area contributed by atoms with Gasteiger partial charge in [0.2, 0.25) is 0 Å². The molecule has 0 atom stereocenters. The molecule has 0 aliphatic carbocycles. The van der Waals surface area contributed by atoms with Crippen molar-refractivity contribution in [2.75, 3.05) is 0 Å². The summed E-state index contributed by atoms with van der Waals surface area (Å²) in [7, 11) is 0. The Morgan fingerprint density at radius 2 is 1.85 bits per heavy atom. The van der Waals surface area contributed by atoms with Crippen LogP contribution in [0, 0.1) is 0 Å². The van der Waals surface area contributed by atoms with E-state index < -0.39 is 5.60 Å². The van der Waals surface area contributed by atoms with Crippen LogP contribution in [0.4, 0.5) is 0 Å². The molecule has 0 radical (unpaired) electrons. The Labute approximate surface area is 78.8 Å². The number of rotatable bonds is 3. The molecule has 13 heavy (non-hydrogen) atoms. The molecule has 0 N–H and O–H groups in total. The fourth-order valence-corrected chi connectivity index (χ4v) is 0.733. The number of hydrogen-bond donors (Lipinski definition) is 0. The van der Waals surface area contributed by atoms with Gasteiger partial charge in [0.05, 0.1) is 0 Å². The van der Waals surface area contributed by atoms with Gasteiger partial charge in [-0.2, -0.15) is 0 Å². The second kappa shape index (κ2) is 4.83. The third kappa shape index (κ3) is 7.29. The first-order valence-electron chi connectivity index (χ1n) is 4.27. The highest BCUT2D eigenvalue weighted by Gasteiger charge is 2.15. The average molecular weight is 184 g/mol. The highest BCUT2D eigenvalue weighted by molar-refractivity contribution is 5.70. The number of allylic oxidation sites excluding steroid dienone is 1. The maximum atomic E-state index is 11.1. The van der Waals surface area contributed by atoms with Crippen LogP contribution in [0.15, 0.2) is 5.57 Å². The summed E-state index contributed by atoms with van der Waals surface area (Å²) in [4.78, 5) is 21.2. The lowest BCUT2D eigenvalue weighted by Crippen LogP contribution is -2.23. The highest BCUT2D eigenvalue weighted by Crippen LogP contribution is 2.10. The molecule has 0 aromatic rings. The van der Waals surface area contributed by atoms with E-state index in [1.54, 1.807) is 12.9 Å². The largest absolute Gasteiger partial charge is 0.460 e. The third-order valence-electron chi connectivity index (χ3n) is 1.30. The molecule has 0 unspecified atom stereocenters. The van der Waals surface area contributed by atoms with E-state index in [1.807, 2.05) is 20.8 Å². The van der Waals surface area contributed by atoms with Gasteiger partial charge in [0.1, 0.15) is 11.5 Å². The van der Waals surface area contributed by atoms with Gasteiger partial charge in [-0.3, -0.25) is 4.79 Å². The molecule has 0 aromatic heterocycles. The van der Waals surface area contributed by atoms with Gasteiger partial charge in [0, 0.05) is 12.0 Å². The van der Waals surface area contributed by atoms with E-state index in [2.05, 4.69) is 0 Å². The number of ether oxygens (including phenoxy) is 1.